The Morgan fingerprint density at radius 3 is 2.77 bits per heavy atom. The van der Waals surface area contributed by atoms with Crippen LogP contribution in [-0.4, -0.2) is 58.8 Å². The van der Waals surface area contributed by atoms with Crippen LogP contribution in [0.3, 0.4) is 0 Å². The van der Waals surface area contributed by atoms with Crippen LogP contribution in [0, 0.1) is 5.41 Å². The van der Waals surface area contributed by atoms with Crippen molar-refractivity contribution in [3.05, 3.63) is 71.6 Å². The molecule has 0 N–H and O–H groups in total. The summed E-state index contributed by atoms with van der Waals surface area (Å²) in [5.74, 6) is -0.110. The van der Waals surface area contributed by atoms with Crippen molar-refractivity contribution in [2.45, 2.75) is 19.3 Å². The van der Waals surface area contributed by atoms with Crippen LogP contribution in [0.25, 0.3) is 10.4 Å². The monoisotopic (exact) mass is 434 g/mol. The van der Waals surface area contributed by atoms with Gasteiger partial charge in [-0.25, -0.2) is 4.98 Å². The highest BCUT2D eigenvalue weighted by Gasteiger charge is 2.44. The van der Waals surface area contributed by atoms with Gasteiger partial charge in [-0.3, -0.25) is 14.6 Å². The number of likely N-dealkylation sites (tertiary alicyclic amines) is 1. The summed E-state index contributed by atoms with van der Waals surface area (Å²) < 4.78 is 0. The molecule has 3 aromatic rings. The summed E-state index contributed by atoms with van der Waals surface area (Å²) in [5.41, 5.74) is 1.92. The largest absolute Gasteiger partial charge is 0.348 e. The number of amides is 2. The van der Waals surface area contributed by atoms with E-state index >= 15 is 0 Å². The fourth-order valence-corrected chi connectivity index (χ4v) is 5.14. The number of carbonyl (C=O) groups excluding carboxylic acids is 2. The lowest BCUT2D eigenvalue weighted by Crippen LogP contribution is -2.54. The maximum atomic E-state index is 13.4. The van der Waals surface area contributed by atoms with E-state index in [2.05, 4.69) is 39.6 Å². The van der Waals surface area contributed by atoms with Gasteiger partial charge in [0.2, 0.25) is 5.91 Å². The van der Waals surface area contributed by atoms with Crippen LogP contribution in [0.1, 0.15) is 28.9 Å². The number of rotatable bonds is 5. The summed E-state index contributed by atoms with van der Waals surface area (Å²) >= 11 is 1.70. The SMILES string of the molecule is CN(C)C(=O)[C@@]1(Cc2cccc(-c3cccs3)c2)CCCN(C(=O)c2cnccn2)C1. The van der Waals surface area contributed by atoms with Crippen molar-refractivity contribution < 1.29 is 9.59 Å². The Hall–Kier alpha value is -3.06. The Bertz CT molecular complexity index is 1050. The van der Waals surface area contributed by atoms with E-state index in [9.17, 15) is 9.59 Å². The second-order valence-electron chi connectivity index (χ2n) is 8.26. The highest BCUT2D eigenvalue weighted by atomic mass is 32.1. The molecular formula is C24H26N4O2S. The van der Waals surface area contributed by atoms with Gasteiger partial charge in [0, 0.05) is 44.5 Å². The molecule has 1 atom stereocenters. The minimum absolute atomic E-state index is 0.0608. The van der Waals surface area contributed by atoms with E-state index in [-0.39, 0.29) is 11.8 Å². The quantitative estimate of drug-likeness (QED) is 0.613. The van der Waals surface area contributed by atoms with E-state index in [1.807, 2.05) is 12.1 Å². The first-order valence-electron chi connectivity index (χ1n) is 10.4. The number of hydrogen-bond donors (Lipinski definition) is 0. The van der Waals surface area contributed by atoms with Gasteiger partial charge >= 0.3 is 0 Å². The van der Waals surface area contributed by atoms with Crippen molar-refractivity contribution in [1.29, 1.82) is 0 Å². The summed E-state index contributed by atoms with van der Waals surface area (Å²) in [4.78, 5) is 39.2. The third-order valence-electron chi connectivity index (χ3n) is 5.78. The van der Waals surface area contributed by atoms with Gasteiger partial charge in [-0.15, -0.1) is 11.3 Å². The molecule has 2 amide bonds. The smallest absolute Gasteiger partial charge is 0.274 e. The second kappa shape index (κ2) is 8.98. The van der Waals surface area contributed by atoms with E-state index in [4.69, 9.17) is 0 Å². The van der Waals surface area contributed by atoms with Gasteiger partial charge in [0.25, 0.3) is 5.91 Å². The zero-order valence-corrected chi connectivity index (χ0v) is 18.6. The first kappa shape index (κ1) is 21.2. The van der Waals surface area contributed by atoms with Crippen LogP contribution < -0.4 is 0 Å². The Morgan fingerprint density at radius 1 is 1.19 bits per heavy atom. The number of aromatic nitrogens is 2. The first-order valence-corrected chi connectivity index (χ1v) is 11.3. The molecule has 4 rings (SSSR count). The van der Waals surface area contributed by atoms with E-state index < -0.39 is 5.41 Å². The summed E-state index contributed by atoms with van der Waals surface area (Å²) in [6, 6.07) is 12.5. The minimum atomic E-state index is -0.659. The standard InChI is InChI=1S/C24H26N4O2S/c1-27(2)23(30)24(15-18-6-3-7-19(14-18)21-8-4-13-31-21)9-5-12-28(17-24)22(29)20-16-25-10-11-26-20/h3-4,6-8,10-11,13-14,16H,5,9,12,15,17H2,1-2H3/t24-/m1/s1. The maximum Gasteiger partial charge on any atom is 0.274 e. The average Bonchev–Trinajstić information content (AvgIpc) is 3.34. The van der Waals surface area contributed by atoms with Gasteiger partial charge in [-0.05, 0) is 41.8 Å². The molecule has 31 heavy (non-hydrogen) atoms. The predicted molar refractivity (Wildman–Crippen MR) is 122 cm³/mol. The maximum absolute atomic E-state index is 13.4. The number of piperidine rings is 1. The van der Waals surface area contributed by atoms with Crippen molar-refractivity contribution in [3.63, 3.8) is 0 Å². The van der Waals surface area contributed by atoms with E-state index in [1.165, 1.54) is 17.3 Å². The number of carbonyl (C=O) groups is 2. The summed E-state index contributed by atoms with van der Waals surface area (Å²) in [7, 11) is 3.57. The Morgan fingerprint density at radius 2 is 2.06 bits per heavy atom. The molecule has 0 unspecified atom stereocenters. The molecule has 0 radical (unpaired) electrons. The molecule has 0 spiro atoms. The van der Waals surface area contributed by atoms with E-state index in [1.54, 1.807) is 41.4 Å². The molecule has 160 valence electrons. The highest BCUT2D eigenvalue weighted by molar-refractivity contribution is 7.13. The Kier molecular flexibility index (Phi) is 6.13. The average molecular weight is 435 g/mol. The van der Waals surface area contributed by atoms with Gasteiger partial charge in [0.05, 0.1) is 11.6 Å². The molecule has 1 aliphatic rings. The predicted octanol–water partition coefficient (Wildman–Crippen LogP) is 3.76. The van der Waals surface area contributed by atoms with Crippen molar-refractivity contribution in [1.82, 2.24) is 19.8 Å². The summed E-state index contributed by atoms with van der Waals surface area (Å²) in [6.07, 6.45) is 6.66. The molecule has 0 saturated carbocycles. The first-order chi connectivity index (χ1) is 15.0. The summed E-state index contributed by atoms with van der Waals surface area (Å²) in [5, 5.41) is 2.07. The van der Waals surface area contributed by atoms with Gasteiger partial charge in [0.15, 0.2) is 0 Å². The lowest BCUT2D eigenvalue weighted by molar-refractivity contribution is -0.142. The lowest BCUT2D eigenvalue weighted by atomic mass is 9.73. The molecule has 7 heteroatoms. The number of thiophene rings is 1. The van der Waals surface area contributed by atoms with Crippen molar-refractivity contribution in [2.24, 2.45) is 5.41 Å². The van der Waals surface area contributed by atoms with Crippen LogP contribution in [0.5, 0.6) is 0 Å². The zero-order chi connectivity index (χ0) is 21.8. The van der Waals surface area contributed by atoms with Crippen LogP contribution >= 0.6 is 11.3 Å². The Balaban J connectivity index is 1.64. The van der Waals surface area contributed by atoms with E-state index in [0.29, 0.717) is 25.2 Å². The molecule has 0 bridgehead atoms. The van der Waals surface area contributed by atoms with E-state index in [0.717, 1.165) is 24.0 Å². The normalized spacial score (nSPS) is 18.6. The molecule has 1 aliphatic heterocycles. The van der Waals surface area contributed by atoms with Crippen molar-refractivity contribution in [3.8, 4) is 10.4 Å². The Labute approximate surface area is 186 Å². The fraction of sp³-hybridized carbons (Fsp3) is 0.333. The highest BCUT2D eigenvalue weighted by Crippen LogP contribution is 2.37. The van der Waals surface area contributed by atoms with Crippen molar-refractivity contribution >= 4 is 23.2 Å². The van der Waals surface area contributed by atoms with Gasteiger partial charge in [-0.1, -0.05) is 30.3 Å². The molecule has 1 fully saturated rings. The minimum Gasteiger partial charge on any atom is -0.348 e. The lowest BCUT2D eigenvalue weighted by Gasteiger charge is -2.43. The van der Waals surface area contributed by atoms with Crippen LogP contribution in [-0.2, 0) is 11.2 Å². The van der Waals surface area contributed by atoms with Gasteiger partial charge in [-0.2, -0.15) is 0 Å². The van der Waals surface area contributed by atoms with Crippen LogP contribution in [0.15, 0.2) is 60.4 Å². The zero-order valence-electron chi connectivity index (χ0n) is 17.8. The van der Waals surface area contributed by atoms with Crippen LogP contribution in [0.2, 0.25) is 0 Å². The molecule has 3 heterocycles. The molecule has 2 aromatic heterocycles. The molecule has 0 aliphatic carbocycles. The van der Waals surface area contributed by atoms with Crippen molar-refractivity contribution in [2.75, 3.05) is 27.2 Å². The van der Waals surface area contributed by atoms with Gasteiger partial charge < -0.3 is 9.80 Å². The topological polar surface area (TPSA) is 66.4 Å². The third-order valence-corrected chi connectivity index (χ3v) is 6.70. The summed E-state index contributed by atoms with van der Waals surface area (Å²) in [6.45, 7) is 0.996. The third kappa shape index (κ3) is 4.51. The van der Waals surface area contributed by atoms with Crippen LogP contribution in [0.4, 0.5) is 0 Å². The molecule has 1 aromatic carbocycles. The fourth-order valence-electron chi connectivity index (χ4n) is 4.41. The molecule has 6 nitrogen and oxygen atoms in total. The molecule has 1 saturated heterocycles. The van der Waals surface area contributed by atoms with Gasteiger partial charge in [0.1, 0.15) is 5.69 Å². The number of hydrogen-bond acceptors (Lipinski definition) is 5. The molecular weight excluding hydrogens is 408 g/mol. The number of nitrogens with zero attached hydrogens (tertiary/aromatic N) is 4. The second-order valence-corrected chi connectivity index (χ2v) is 9.20. The number of benzene rings is 1.